The third-order valence-electron chi connectivity index (χ3n) is 1.86. The minimum absolute atomic E-state index is 0.0482. The van der Waals surface area contributed by atoms with Gasteiger partial charge in [0.2, 0.25) is 11.1 Å². The van der Waals surface area contributed by atoms with Gasteiger partial charge in [0.15, 0.2) is 0 Å². The minimum Gasteiger partial charge on any atom is -0.397 e. The van der Waals surface area contributed by atoms with Crippen molar-refractivity contribution in [1.29, 1.82) is 0 Å². The molecule has 0 N–H and O–H groups in total. The second-order valence-electron chi connectivity index (χ2n) is 4.48. The number of hydrogen-bond acceptors (Lipinski definition) is 2. The first kappa shape index (κ1) is 14.2. The molecule has 2 nitrogen and oxygen atoms in total. The predicted octanol–water partition coefficient (Wildman–Crippen LogP) is 4.17. The van der Waals surface area contributed by atoms with Crippen LogP contribution in [0, 0.1) is 5.41 Å². The zero-order chi connectivity index (χ0) is 12.9. The van der Waals surface area contributed by atoms with Crippen LogP contribution in [0.3, 0.4) is 0 Å². The van der Waals surface area contributed by atoms with Crippen LogP contribution in [0.2, 0.25) is 0 Å². The summed E-state index contributed by atoms with van der Waals surface area (Å²) in [7, 11) is 0. The van der Waals surface area contributed by atoms with Gasteiger partial charge in [-0.1, -0.05) is 44.7 Å². The van der Waals surface area contributed by atoms with Crippen LogP contribution < -0.4 is 4.18 Å². The molecule has 0 bridgehead atoms. The average Bonchev–Trinajstić information content (AvgIpc) is 2.26. The van der Waals surface area contributed by atoms with E-state index in [1.807, 2.05) is 39.0 Å². The number of rotatable bonds is 3. The van der Waals surface area contributed by atoms with Crippen LogP contribution in [-0.4, -0.2) is 4.21 Å². The zero-order valence-electron chi connectivity index (χ0n) is 10.1. The Hall–Kier alpha value is -0.830. The molecule has 0 fully saturated rings. The molecule has 0 aromatic heterocycles. The number of benzene rings is 1. The zero-order valence-corrected chi connectivity index (χ0v) is 12.5. The Balaban J connectivity index is 2.71. The van der Waals surface area contributed by atoms with Crippen molar-refractivity contribution in [2.24, 2.45) is 5.41 Å². The molecule has 0 saturated carbocycles. The highest BCUT2D eigenvalue weighted by Gasteiger charge is 2.13. The van der Waals surface area contributed by atoms with Crippen molar-refractivity contribution < 1.29 is 8.39 Å². The van der Waals surface area contributed by atoms with Crippen molar-refractivity contribution in [3.05, 3.63) is 46.0 Å². The van der Waals surface area contributed by atoms with Crippen LogP contribution in [0.25, 0.3) is 0 Å². The molecule has 1 atom stereocenters. The van der Waals surface area contributed by atoms with Gasteiger partial charge in [0.1, 0.15) is 5.75 Å². The van der Waals surface area contributed by atoms with Gasteiger partial charge in [0.25, 0.3) is 0 Å². The Labute approximate surface area is 113 Å². The second-order valence-corrected chi connectivity index (χ2v) is 6.20. The molecule has 0 aliphatic heterocycles. The summed E-state index contributed by atoms with van der Waals surface area (Å²) < 4.78 is 17.6. The molecular weight excluding hydrogens is 300 g/mol. The van der Waals surface area contributed by atoms with E-state index in [0.29, 0.717) is 5.75 Å². The highest BCUT2D eigenvalue weighted by Crippen LogP contribution is 2.28. The molecule has 0 aliphatic carbocycles. The van der Waals surface area contributed by atoms with Crippen molar-refractivity contribution >= 4 is 27.0 Å². The monoisotopic (exact) mass is 314 g/mol. The molecule has 0 radical (unpaired) electrons. The SMILES string of the molecule is CC(C)(C)C(Br)=C=CS(=O)Oc1ccccc1. The summed E-state index contributed by atoms with van der Waals surface area (Å²) in [6.45, 7) is 6.12. The molecule has 0 amide bonds. The van der Waals surface area contributed by atoms with Gasteiger partial charge in [-0.2, -0.15) is 0 Å². The predicted molar refractivity (Wildman–Crippen MR) is 75.2 cm³/mol. The van der Waals surface area contributed by atoms with E-state index in [-0.39, 0.29) is 5.41 Å². The van der Waals surface area contributed by atoms with Crippen molar-refractivity contribution in [2.45, 2.75) is 20.8 Å². The molecule has 1 aromatic carbocycles. The molecule has 4 heteroatoms. The van der Waals surface area contributed by atoms with Crippen molar-refractivity contribution in [3.8, 4) is 5.75 Å². The van der Waals surface area contributed by atoms with Crippen LogP contribution in [0.4, 0.5) is 0 Å². The fraction of sp³-hybridized carbons (Fsp3) is 0.308. The molecule has 0 saturated heterocycles. The van der Waals surface area contributed by atoms with Crippen LogP contribution in [0.15, 0.2) is 46.0 Å². The van der Waals surface area contributed by atoms with Gasteiger partial charge in [-0.3, -0.25) is 0 Å². The first-order valence-corrected chi connectivity index (χ1v) is 7.09. The molecule has 17 heavy (non-hydrogen) atoms. The summed E-state index contributed by atoms with van der Waals surface area (Å²) in [5.41, 5.74) is 2.88. The minimum atomic E-state index is -1.51. The lowest BCUT2D eigenvalue weighted by Gasteiger charge is -2.14. The highest BCUT2D eigenvalue weighted by atomic mass is 79.9. The normalized spacial score (nSPS) is 12.5. The quantitative estimate of drug-likeness (QED) is 0.783. The topological polar surface area (TPSA) is 26.3 Å². The van der Waals surface area contributed by atoms with Gasteiger partial charge >= 0.3 is 0 Å². The third kappa shape index (κ3) is 5.35. The van der Waals surface area contributed by atoms with Gasteiger partial charge in [-0.15, -0.1) is 0 Å². The number of allylic oxidation sites excluding steroid dienone is 1. The van der Waals surface area contributed by atoms with E-state index in [1.54, 1.807) is 12.1 Å². The number of halogens is 1. The summed E-state index contributed by atoms with van der Waals surface area (Å²) in [6.07, 6.45) is 0. The smallest absolute Gasteiger partial charge is 0.241 e. The summed E-state index contributed by atoms with van der Waals surface area (Å²) >= 11 is 1.88. The summed E-state index contributed by atoms with van der Waals surface area (Å²) in [5, 5.41) is 1.41. The van der Waals surface area contributed by atoms with Crippen molar-refractivity contribution in [1.82, 2.24) is 0 Å². The maximum Gasteiger partial charge on any atom is 0.241 e. The Bertz CT molecular complexity index is 454. The fourth-order valence-corrected chi connectivity index (χ4v) is 1.74. The number of para-hydroxylation sites is 1. The molecule has 0 spiro atoms. The Morgan fingerprint density at radius 3 is 2.47 bits per heavy atom. The molecule has 92 valence electrons. The lowest BCUT2D eigenvalue weighted by Crippen LogP contribution is -2.03. The largest absolute Gasteiger partial charge is 0.397 e. The van der Waals surface area contributed by atoms with Gasteiger partial charge < -0.3 is 4.18 Å². The van der Waals surface area contributed by atoms with Crippen molar-refractivity contribution in [3.63, 3.8) is 0 Å². The van der Waals surface area contributed by atoms with E-state index >= 15 is 0 Å². The van der Waals surface area contributed by atoms with Gasteiger partial charge in [-0.25, -0.2) is 4.21 Å². The molecular formula is C13H15BrO2S. The summed E-state index contributed by atoms with van der Waals surface area (Å²) in [5.74, 6) is 0.579. The molecule has 1 rings (SSSR count). The van der Waals surface area contributed by atoms with Crippen molar-refractivity contribution in [2.75, 3.05) is 0 Å². The van der Waals surface area contributed by atoms with E-state index in [1.165, 1.54) is 5.41 Å². The van der Waals surface area contributed by atoms with E-state index in [4.69, 9.17) is 4.18 Å². The molecule has 1 unspecified atom stereocenters. The summed E-state index contributed by atoms with van der Waals surface area (Å²) in [4.78, 5) is 0. The van der Waals surface area contributed by atoms with Crippen LogP contribution in [0.1, 0.15) is 20.8 Å². The summed E-state index contributed by atoms with van der Waals surface area (Å²) in [6, 6.07) is 9.05. The first-order chi connectivity index (χ1) is 7.89. The second kappa shape index (κ2) is 6.20. The molecule has 0 heterocycles. The maximum absolute atomic E-state index is 11.6. The van der Waals surface area contributed by atoms with E-state index in [0.717, 1.165) is 4.48 Å². The van der Waals surface area contributed by atoms with Gasteiger partial charge in [-0.05, 0) is 28.1 Å². The van der Waals surface area contributed by atoms with E-state index < -0.39 is 11.1 Å². The van der Waals surface area contributed by atoms with E-state index in [9.17, 15) is 4.21 Å². The Morgan fingerprint density at radius 1 is 1.35 bits per heavy atom. The van der Waals surface area contributed by atoms with Gasteiger partial charge in [0.05, 0.1) is 5.41 Å². The maximum atomic E-state index is 11.6. The highest BCUT2D eigenvalue weighted by molar-refractivity contribution is 9.11. The Morgan fingerprint density at radius 2 is 1.94 bits per heavy atom. The van der Waals surface area contributed by atoms with Gasteiger partial charge in [0, 0.05) is 9.90 Å². The fourth-order valence-electron chi connectivity index (χ4n) is 0.911. The molecule has 1 aromatic rings. The first-order valence-electron chi connectivity index (χ1n) is 5.16. The average molecular weight is 315 g/mol. The third-order valence-corrected chi connectivity index (χ3v) is 3.95. The van der Waals surface area contributed by atoms with Crippen LogP contribution >= 0.6 is 15.9 Å². The molecule has 0 aliphatic rings. The lowest BCUT2D eigenvalue weighted by atomic mass is 9.97. The van der Waals surface area contributed by atoms with Crippen LogP contribution in [0.5, 0.6) is 5.75 Å². The Kier molecular flexibility index (Phi) is 5.19. The number of hydrogen-bond donors (Lipinski definition) is 0. The van der Waals surface area contributed by atoms with Crippen LogP contribution in [-0.2, 0) is 11.1 Å². The standard InChI is InChI=1S/C13H15BrO2S/c1-13(2,3)12(14)9-10-17(15)16-11-7-5-4-6-8-11/h4-8,10H,1-3H3. The van der Waals surface area contributed by atoms with E-state index in [2.05, 4.69) is 21.7 Å². The lowest BCUT2D eigenvalue weighted by molar-refractivity contribution is 0.536.